The maximum atomic E-state index is 7.59. The number of ether oxygens (including phenoxy) is 1. The van der Waals surface area contributed by atoms with Crippen molar-refractivity contribution in [3.8, 4) is 0 Å². The summed E-state index contributed by atoms with van der Waals surface area (Å²) in [6.07, 6.45) is 7.36. The molecule has 1 saturated carbocycles. The van der Waals surface area contributed by atoms with E-state index in [1.165, 1.54) is 12.8 Å². The summed E-state index contributed by atoms with van der Waals surface area (Å²) in [6, 6.07) is 0. The number of hydrogen-bond donors (Lipinski definition) is 2. The first kappa shape index (κ1) is 17.5. The number of aromatic nitrogens is 4. The van der Waals surface area contributed by atoms with Gasteiger partial charge in [0.25, 0.3) is 0 Å². The second-order valence-corrected chi connectivity index (χ2v) is 7.87. The van der Waals surface area contributed by atoms with E-state index in [1.807, 2.05) is 13.1 Å². The number of nitrogens with zero attached hydrogens (tertiary/aromatic N) is 5. The molecule has 0 spiro atoms. The number of fused-ring (bicyclic) bond motifs is 1. The average molecular weight is 379 g/mol. The summed E-state index contributed by atoms with van der Waals surface area (Å²) in [5, 5.41) is 7.59. The highest BCUT2D eigenvalue weighted by atomic mass is 16.5. The van der Waals surface area contributed by atoms with Gasteiger partial charge in [-0.2, -0.15) is 0 Å². The lowest BCUT2D eigenvalue weighted by molar-refractivity contribution is 0.193. The molecule has 1 aliphatic carbocycles. The highest BCUT2D eigenvalue weighted by Gasteiger charge is 2.31. The van der Waals surface area contributed by atoms with Crippen molar-refractivity contribution in [2.75, 3.05) is 19.8 Å². The molecule has 0 radical (unpaired) electrons. The standard InChI is InChI=1S/C20H25N7O/c1-12-24-17(14-5-7-28-10-14)18(25-12)20(23-11-21)27-6-4-16-15(9-27)8-22-19(26-16)13-2-3-13/h8,11,13-14,21H,2-7,9-10H2,1H3,(H,24,25)/b21-11?,23-20+. The van der Waals surface area contributed by atoms with E-state index in [0.29, 0.717) is 19.1 Å². The Hall–Kier alpha value is -2.61. The molecule has 5 rings (SSSR count). The summed E-state index contributed by atoms with van der Waals surface area (Å²) in [5.74, 6) is 3.49. The minimum absolute atomic E-state index is 0.275. The van der Waals surface area contributed by atoms with Gasteiger partial charge in [0.15, 0.2) is 5.84 Å². The van der Waals surface area contributed by atoms with E-state index in [0.717, 1.165) is 72.5 Å². The first-order chi connectivity index (χ1) is 13.7. The van der Waals surface area contributed by atoms with Gasteiger partial charge < -0.3 is 14.6 Å². The number of nitrogens with one attached hydrogen (secondary N) is 2. The number of H-pyrrole nitrogens is 1. The molecule has 0 bridgehead atoms. The molecule has 1 saturated heterocycles. The third kappa shape index (κ3) is 3.22. The van der Waals surface area contributed by atoms with Crippen LogP contribution in [0.4, 0.5) is 0 Å². The van der Waals surface area contributed by atoms with E-state index in [2.05, 4.69) is 19.9 Å². The van der Waals surface area contributed by atoms with Gasteiger partial charge in [0.05, 0.1) is 18.0 Å². The van der Waals surface area contributed by atoms with Crippen LogP contribution in [0.2, 0.25) is 0 Å². The molecular weight excluding hydrogens is 354 g/mol. The van der Waals surface area contributed by atoms with Crippen LogP contribution >= 0.6 is 0 Å². The van der Waals surface area contributed by atoms with Crippen molar-refractivity contribution in [2.24, 2.45) is 4.99 Å². The molecule has 146 valence electrons. The number of imidazole rings is 1. The monoisotopic (exact) mass is 379 g/mol. The molecule has 28 heavy (non-hydrogen) atoms. The van der Waals surface area contributed by atoms with Crippen LogP contribution in [-0.2, 0) is 17.7 Å². The van der Waals surface area contributed by atoms with Gasteiger partial charge in [-0.15, -0.1) is 0 Å². The molecule has 3 aliphatic rings. The Bertz CT molecular complexity index is 925. The molecule has 0 amide bonds. The van der Waals surface area contributed by atoms with Gasteiger partial charge in [-0.05, 0) is 26.2 Å². The number of aryl methyl sites for hydroxylation is 1. The summed E-state index contributed by atoms with van der Waals surface area (Å²) in [5.41, 5.74) is 4.22. The van der Waals surface area contributed by atoms with Crippen LogP contribution in [0.3, 0.4) is 0 Å². The zero-order valence-electron chi connectivity index (χ0n) is 16.1. The van der Waals surface area contributed by atoms with Gasteiger partial charge in [0.2, 0.25) is 0 Å². The summed E-state index contributed by atoms with van der Waals surface area (Å²) in [7, 11) is 0. The molecule has 8 nitrogen and oxygen atoms in total. The molecule has 2 fully saturated rings. The molecule has 2 aliphatic heterocycles. The molecule has 1 unspecified atom stereocenters. The zero-order chi connectivity index (χ0) is 19.1. The van der Waals surface area contributed by atoms with E-state index in [4.69, 9.17) is 20.1 Å². The molecule has 2 aromatic heterocycles. The number of hydrogen-bond acceptors (Lipinski definition) is 5. The fourth-order valence-corrected chi connectivity index (χ4v) is 4.14. The van der Waals surface area contributed by atoms with Crippen LogP contribution in [-0.4, -0.2) is 56.8 Å². The van der Waals surface area contributed by atoms with Crippen LogP contribution in [0.15, 0.2) is 11.2 Å². The molecular formula is C20H25N7O. The van der Waals surface area contributed by atoms with Gasteiger partial charge in [-0.1, -0.05) is 0 Å². The zero-order valence-corrected chi connectivity index (χ0v) is 16.1. The largest absolute Gasteiger partial charge is 0.381 e. The van der Waals surface area contributed by atoms with E-state index >= 15 is 0 Å². The number of aliphatic imine (C=N–C) groups is 1. The second kappa shape index (κ2) is 7.09. The summed E-state index contributed by atoms with van der Waals surface area (Å²) < 4.78 is 5.57. The maximum Gasteiger partial charge on any atom is 0.156 e. The average Bonchev–Trinajstić information content (AvgIpc) is 3.28. The Morgan fingerprint density at radius 2 is 2.21 bits per heavy atom. The molecule has 1 atom stereocenters. The van der Waals surface area contributed by atoms with Crippen LogP contribution in [0.25, 0.3) is 0 Å². The Kier molecular flexibility index (Phi) is 4.43. The van der Waals surface area contributed by atoms with E-state index in [1.54, 1.807) is 0 Å². The first-order valence-corrected chi connectivity index (χ1v) is 10.0. The molecule has 8 heteroatoms. The van der Waals surface area contributed by atoms with E-state index in [-0.39, 0.29) is 5.92 Å². The van der Waals surface area contributed by atoms with Crippen LogP contribution in [0, 0.1) is 12.3 Å². The minimum atomic E-state index is 0.275. The van der Waals surface area contributed by atoms with Crippen molar-refractivity contribution in [3.63, 3.8) is 0 Å². The van der Waals surface area contributed by atoms with E-state index in [9.17, 15) is 0 Å². The molecule has 2 aromatic rings. The first-order valence-electron chi connectivity index (χ1n) is 10.0. The third-order valence-corrected chi connectivity index (χ3v) is 5.77. The number of amidine groups is 1. The summed E-state index contributed by atoms with van der Waals surface area (Å²) >= 11 is 0. The van der Waals surface area contributed by atoms with Crippen molar-refractivity contribution >= 4 is 12.2 Å². The van der Waals surface area contributed by atoms with Gasteiger partial charge in [-0.25, -0.2) is 19.9 Å². The predicted molar refractivity (Wildman–Crippen MR) is 105 cm³/mol. The predicted octanol–water partition coefficient (Wildman–Crippen LogP) is 2.30. The summed E-state index contributed by atoms with van der Waals surface area (Å²) in [6.45, 7) is 4.94. The van der Waals surface area contributed by atoms with Crippen LogP contribution < -0.4 is 0 Å². The van der Waals surface area contributed by atoms with Crippen molar-refractivity contribution in [2.45, 2.75) is 51.0 Å². The lowest BCUT2D eigenvalue weighted by Crippen LogP contribution is -2.38. The highest BCUT2D eigenvalue weighted by molar-refractivity contribution is 6.01. The van der Waals surface area contributed by atoms with Gasteiger partial charge in [-0.3, -0.25) is 5.41 Å². The maximum absolute atomic E-state index is 7.59. The quantitative estimate of drug-likeness (QED) is 0.627. The Balaban J connectivity index is 1.45. The molecule has 0 aromatic carbocycles. The second-order valence-electron chi connectivity index (χ2n) is 7.87. The van der Waals surface area contributed by atoms with Crippen molar-refractivity contribution in [3.05, 3.63) is 40.5 Å². The Morgan fingerprint density at radius 3 is 2.96 bits per heavy atom. The fraction of sp³-hybridized carbons (Fsp3) is 0.550. The lowest BCUT2D eigenvalue weighted by atomic mass is 10.0. The Morgan fingerprint density at radius 1 is 1.32 bits per heavy atom. The topological polar surface area (TPSA) is 103 Å². The molecule has 2 N–H and O–H groups in total. The smallest absolute Gasteiger partial charge is 0.156 e. The lowest BCUT2D eigenvalue weighted by Gasteiger charge is -2.30. The van der Waals surface area contributed by atoms with Gasteiger partial charge >= 0.3 is 0 Å². The highest BCUT2D eigenvalue weighted by Crippen LogP contribution is 2.38. The summed E-state index contributed by atoms with van der Waals surface area (Å²) in [4.78, 5) is 24.2. The van der Waals surface area contributed by atoms with Gasteiger partial charge in [0, 0.05) is 49.7 Å². The van der Waals surface area contributed by atoms with Crippen LogP contribution in [0.1, 0.15) is 65.4 Å². The normalized spacial score (nSPS) is 22.4. The number of rotatable bonds is 4. The van der Waals surface area contributed by atoms with Gasteiger partial charge in [0.1, 0.15) is 23.7 Å². The third-order valence-electron chi connectivity index (χ3n) is 5.77. The Labute approximate surface area is 164 Å². The van der Waals surface area contributed by atoms with Crippen molar-refractivity contribution in [1.82, 2.24) is 24.8 Å². The fourth-order valence-electron chi connectivity index (χ4n) is 4.14. The van der Waals surface area contributed by atoms with E-state index < -0.39 is 0 Å². The SMILES string of the molecule is Cc1nc(C2CCOC2)c(/C(=N\C=N)N2CCc3nc(C4CC4)ncc3C2)[nH]1. The minimum Gasteiger partial charge on any atom is -0.381 e. The van der Waals surface area contributed by atoms with Crippen molar-refractivity contribution < 1.29 is 4.74 Å². The van der Waals surface area contributed by atoms with Crippen molar-refractivity contribution in [1.29, 1.82) is 5.41 Å². The molecule has 4 heterocycles. The van der Waals surface area contributed by atoms with Crippen LogP contribution in [0.5, 0.6) is 0 Å². The number of aromatic amines is 1.